The summed E-state index contributed by atoms with van der Waals surface area (Å²) < 4.78 is 0. The summed E-state index contributed by atoms with van der Waals surface area (Å²) >= 11 is 0. The summed E-state index contributed by atoms with van der Waals surface area (Å²) in [5, 5.41) is 2.83. The quantitative estimate of drug-likeness (QED) is 0.655. The first-order valence-corrected chi connectivity index (χ1v) is 4.60. The lowest BCUT2D eigenvalue weighted by Gasteiger charge is -2.14. The lowest BCUT2D eigenvalue weighted by atomic mass is 10.2. The molecule has 1 saturated heterocycles. The van der Waals surface area contributed by atoms with E-state index < -0.39 is 0 Å². The molecule has 1 fully saturated rings. The van der Waals surface area contributed by atoms with E-state index in [0.717, 1.165) is 5.69 Å². The number of carbonyl (C=O) groups is 1. The van der Waals surface area contributed by atoms with Crippen LogP contribution in [-0.2, 0) is 0 Å². The van der Waals surface area contributed by atoms with Crippen molar-refractivity contribution in [2.24, 2.45) is 0 Å². The van der Waals surface area contributed by atoms with Gasteiger partial charge in [0.05, 0.1) is 0 Å². The van der Waals surface area contributed by atoms with Crippen LogP contribution in [0, 0.1) is 0 Å². The Morgan fingerprint density at radius 2 is 2.36 bits per heavy atom. The summed E-state index contributed by atoms with van der Waals surface area (Å²) in [6.45, 7) is 2.67. The van der Waals surface area contributed by atoms with E-state index in [-0.39, 0.29) is 12.1 Å². The first kappa shape index (κ1) is 8.87. The number of amides is 2. The van der Waals surface area contributed by atoms with Crippen molar-refractivity contribution in [3.8, 4) is 0 Å². The fourth-order valence-corrected chi connectivity index (χ4v) is 1.61. The Labute approximate surface area is 82.7 Å². The van der Waals surface area contributed by atoms with Gasteiger partial charge in [0.2, 0.25) is 0 Å². The second-order valence-electron chi connectivity index (χ2n) is 3.56. The van der Waals surface area contributed by atoms with E-state index in [4.69, 9.17) is 5.73 Å². The minimum absolute atomic E-state index is 0.0527. The molecular formula is C10H13N3O. The summed E-state index contributed by atoms with van der Waals surface area (Å²) in [7, 11) is 0. The van der Waals surface area contributed by atoms with Crippen LogP contribution in [-0.4, -0.2) is 18.6 Å². The third-order valence-corrected chi connectivity index (χ3v) is 2.25. The van der Waals surface area contributed by atoms with E-state index in [1.165, 1.54) is 0 Å². The molecule has 0 radical (unpaired) electrons. The first-order valence-electron chi connectivity index (χ1n) is 4.60. The molecule has 0 saturated carbocycles. The van der Waals surface area contributed by atoms with Crippen LogP contribution >= 0.6 is 0 Å². The van der Waals surface area contributed by atoms with Crippen LogP contribution in [0.15, 0.2) is 24.3 Å². The molecule has 0 spiro atoms. The Hall–Kier alpha value is -1.71. The average Bonchev–Trinajstić information content (AvgIpc) is 2.45. The van der Waals surface area contributed by atoms with Crippen molar-refractivity contribution < 1.29 is 4.79 Å². The summed E-state index contributed by atoms with van der Waals surface area (Å²) in [6.07, 6.45) is 0. The van der Waals surface area contributed by atoms with Crippen LogP contribution in [0.25, 0.3) is 0 Å². The van der Waals surface area contributed by atoms with E-state index >= 15 is 0 Å². The number of nitrogens with one attached hydrogen (secondary N) is 1. The molecule has 4 nitrogen and oxygen atoms in total. The Morgan fingerprint density at radius 1 is 1.57 bits per heavy atom. The van der Waals surface area contributed by atoms with Gasteiger partial charge in [-0.2, -0.15) is 0 Å². The lowest BCUT2D eigenvalue weighted by Crippen LogP contribution is -2.28. The highest BCUT2D eigenvalue weighted by atomic mass is 16.2. The van der Waals surface area contributed by atoms with Gasteiger partial charge in [0, 0.05) is 24.0 Å². The zero-order valence-electron chi connectivity index (χ0n) is 8.03. The lowest BCUT2D eigenvalue weighted by molar-refractivity contribution is 0.251. The predicted octanol–water partition coefficient (Wildman–Crippen LogP) is 1.19. The molecular weight excluding hydrogens is 178 g/mol. The van der Waals surface area contributed by atoms with Crippen molar-refractivity contribution in [3.05, 3.63) is 24.3 Å². The van der Waals surface area contributed by atoms with E-state index in [0.29, 0.717) is 12.2 Å². The van der Waals surface area contributed by atoms with Crippen molar-refractivity contribution in [2.75, 3.05) is 17.2 Å². The highest BCUT2D eigenvalue weighted by molar-refractivity contribution is 5.94. The normalized spacial score (nSPS) is 21.1. The first-order chi connectivity index (χ1) is 6.66. The molecule has 0 bridgehead atoms. The number of nitrogens with zero attached hydrogens (tertiary/aromatic N) is 1. The van der Waals surface area contributed by atoms with Gasteiger partial charge in [-0.25, -0.2) is 4.79 Å². The Kier molecular flexibility index (Phi) is 2.04. The zero-order chi connectivity index (χ0) is 10.1. The maximum absolute atomic E-state index is 11.5. The molecule has 0 aliphatic carbocycles. The Morgan fingerprint density at radius 3 is 2.93 bits per heavy atom. The molecule has 0 aromatic heterocycles. The molecule has 74 valence electrons. The number of rotatable bonds is 1. The van der Waals surface area contributed by atoms with Crippen molar-refractivity contribution in [3.63, 3.8) is 0 Å². The summed E-state index contributed by atoms with van der Waals surface area (Å²) in [5.41, 5.74) is 7.18. The molecule has 1 heterocycles. The predicted molar refractivity (Wildman–Crippen MR) is 56.2 cm³/mol. The minimum atomic E-state index is -0.0527. The molecule has 2 amide bonds. The van der Waals surface area contributed by atoms with Gasteiger partial charge in [-0.1, -0.05) is 6.07 Å². The van der Waals surface area contributed by atoms with Gasteiger partial charge in [0.15, 0.2) is 0 Å². The van der Waals surface area contributed by atoms with Crippen LogP contribution in [0.3, 0.4) is 0 Å². The second kappa shape index (κ2) is 3.21. The van der Waals surface area contributed by atoms with Gasteiger partial charge in [-0.3, -0.25) is 4.90 Å². The Bertz CT molecular complexity index is 364. The van der Waals surface area contributed by atoms with Crippen molar-refractivity contribution >= 4 is 17.4 Å². The standard InChI is InChI=1S/C10H13N3O/c1-7-6-13(10(14)12-7)9-4-2-3-8(11)5-9/h2-5,7H,6,11H2,1H3,(H,12,14). The van der Waals surface area contributed by atoms with Gasteiger partial charge in [-0.15, -0.1) is 0 Å². The number of hydrogen-bond acceptors (Lipinski definition) is 2. The minimum Gasteiger partial charge on any atom is -0.399 e. The number of carbonyl (C=O) groups excluding carboxylic acids is 1. The number of benzene rings is 1. The number of urea groups is 1. The fraction of sp³-hybridized carbons (Fsp3) is 0.300. The van der Waals surface area contributed by atoms with E-state index in [9.17, 15) is 4.79 Å². The van der Waals surface area contributed by atoms with Gasteiger partial charge >= 0.3 is 6.03 Å². The van der Waals surface area contributed by atoms with Crippen LogP contribution < -0.4 is 16.0 Å². The number of nitrogen functional groups attached to an aromatic ring is 1. The van der Waals surface area contributed by atoms with Gasteiger partial charge in [-0.05, 0) is 25.1 Å². The highest BCUT2D eigenvalue weighted by Gasteiger charge is 2.26. The number of hydrogen-bond donors (Lipinski definition) is 2. The molecule has 1 aromatic rings. The smallest absolute Gasteiger partial charge is 0.322 e. The maximum atomic E-state index is 11.5. The molecule has 14 heavy (non-hydrogen) atoms. The largest absolute Gasteiger partial charge is 0.399 e. The number of anilines is 2. The summed E-state index contributed by atoms with van der Waals surface area (Å²) in [6, 6.07) is 7.49. The molecule has 1 aliphatic rings. The van der Waals surface area contributed by atoms with Crippen molar-refractivity contribution in [1.29, 1.82) is 0 Å². The van der Waals surface area contributed by atoms with Gasteiger partial charge < -0.3 is 11.1 Å². The third-order valence-electron chi connectivity index (χ3n) is 2.25. The summed E-state index contributed by atoms with van der Waals surface area (Å²) in [4.78, 5) is 13.2. The SMILES string of the molecule is CC1CN(c2cccc(N)c2)C(=O)N1. The van der Waals surface area contributed by atoms with Crippen LogP contribution in [0.1, 0.15) is 6.92 Å². The molecule has 1 unspecified atom stereocenters. The molecule has 4 heteroatoms. The number of nitrogens with two attached hydrogens (primary N) is 1. The molecule has 1 atom stereocenters. The van der Waals surface area contributed by atoms with Crippen LogP contribution in [0.4, 0.5) is 16.2 Å². The maximum Gasteiger partial charge on any atom is 0.322 e. The molecule has 3 N–H and O–H groups in total. The zero-order valence-corrected chi connectivity index (χ0v) is 8.03. The van der Waals surface area contributed by atoms with Gasteiger partial charge in [0.25, 0.3) is 0 Å². The fourth-order valence-electron chi connectivity index (χ4n) is 1.61. The molecule has 1 aromatic carbocycles. The van der Waals surface area contributed by atoms with Crippen LogP contribution in [0.2, 0.25) is 0 Å². The van der Waals surface area contributed by atoms with Crippen molar-refractivity contribution in [2.45, 2.75) is 13.0 Å². The second-order valence-corrected chi connectivity index (χ2v) is 3.56. The van der Waals surface area contributed by atoms with E-state index in [2.05, 4.69) is 5.32 Å². The monoisotopic (exact) mass is 191 g/mol. The third kappa shape index (κ3) is 1.51. The molecule has 2 rings (SSSR count). The average molecular weight is 191 g/mol. The Balaban J connectivity index is 2.27. The van der Waals surface area contributed by atoms with E-state index in [1.807, 2.05) is 19.1 Å². The van der Waals surface area contributed by atoms with E-state index in [1.54, 1.807) is 17.0 Å². The highest BCUT2D eigenvalue weighted by Crippen LogP contribution is 2.20. The van der Waals surface area contributed by atoms with Crippen LogP contribution in [0.5, 0.6) is 0 Å². The summed E-state index contributed by atoms with van der Waals surface area (Å²) in [5.74, 6) is 0. The topological polar surface area (TPSA) is 58.4 Å². The van der Waals surface area contributed by atoms with Gasteiger partial charge in [0.1, 0.15) is 0 Å². The van der Waals surface area contributed by atoms with Crippen molar-refractivity contribution in [1.82, 2.24) is 5.32 Å². The molecule has 1 aliphatic heterocycles.